The molecule has 0 saturated heterocycles. The summed E-state index contributed by atoms with van der Waals surface area (Å²) in [4.78, 5) is 28.8. The zero-order valence-electron chi connectivity index (χ0n) is 16.6. The second-order valence-corrected chi connectivity index (χ2v) is 8.32. The number of amides is 1. The normalized spacial score (nSPS) is 11.7. The van der Waals surface area contributed by atoms with E-state index in [2.05, 4.69) is 26.2 Å². The first-order valence-corrected chi connectivity index (χ1v) is 10.9. The van der Waals surface area contributed by atoms with Crippen LogP contribution in [0.2, 0.25) is 0 Å². The molecular formula is C23H18BrFN2O3S. The first kappa shape index (κ1) is 22.6. The number of carboxylic acids is 1. The van der Waals surface area contributed by atoms with E-state index in [9.17, 15) is 19.1 Å². The fourth-order valence-electron chi connectivity index (χ4n) is 2.81. The predicted molar refractivity (Wildman–Crippen MR) is 125 cm³/mol. The molecule has 31 heavy (non-hydrogen) atoms. The van der Waals surface area contributed by atoms with Crippen molar-refractivity contribution in [3.05, 3.63) is 87.2 Å². The summed E-state index contributed by atoms with van der Waals surface area (Å²) in [5.74, 6) is -2.80. The molecule has 5 nitrogen and oxygen atoms in total. The maximum Gasteiger partial charge on any atom is 0.339 e. The minimum Gasteiger partial charge on any atom is -0.478 e. The Bertz CT molecular complexity index is 1200. The number of hydrogen-bond acceptors (Lipinski definition) is 4. The summed E-state index contributed by atoms with van der Waals surface area (Å²) in [7, 11) is 0. The molecule has 0 atom stereocenters. The van der Waals surface area contributed by atoms with Crippen molar-refractivity contribution in [3.8, 4) is 11.1 Å². The number of nitrogens with one attached hydrogen (secondary N) is 1. The van der Waals surface area contributed by atoms with Gasteiger partial charge < -0.3 is 10.4 Å². The van der Waals surface area contributed by atoms with Gasteiger partial charge in [-0.3, -0.25) is 4.79 Å². The van der Waals surface area contributed by atoms with Gasteiger partial charge in [-0.05, 0) is 49.2 Å². The first-order chi connectivity index (χ1) is 14.8. The molecule has 0 aliphatic carbocycles. The molecule has 2 aromatic heterocycles. The maximum absolute atomic E-state index is 14.3. The summed E-state index contributed by atoms with van der Waals surface area (Å²) in [6.45, 7) is 3.67. The van der Waals surface area contributed by atoms with Crippen LogP contribution in [0, 0.1) is 5.82 Å². The average molecular weight is 501 g/mol. The monoisotopic (exact) mass is 500 g/mol. The number of hydrogen-bond donors (Lipinski definition) is 2. The van der Waals surface area contributed by atoms with E-state index >= 15 is 0 Å². The van der Waals surface area contributed by atoms with Crippen LogP contribution < -0.4 is 5.32 Å². The number of carbonyl (C=O) groups is 2. The molecule has 3 rings (SSSR count). The molecule has 2 N–H and O–H groups in total. The SMILES string of the molecule is C/C=C\C=C(\C)c1ccc(F)c(C(=O)Nc2scc(-c3ccc(Br)cc3)c2C(=O)O)n1. The third-order valence-electron chi connectivity index (χ3n) is 4.39. The highest BCUT2D eigenvalue weighted by Crippen LogP contribution is 2.36. The van der Waals surface area contributed by atoms with Crippen molar-refractivity contribution in [3.63, 3.8) is 0 Å². The Balaban J connectivity index is 1.95. The van der Waals surface area contributed by atoms with Crippen LogP contribution in [-0.4, -0.2) is 22.0 Å². The summed E-state index contributed by atoms with van der Waals surface area (Å²) >= 11 is 4.40. The highest BCUT2D eigenvalue weighted by molar-refractivity contribution is 9.10. The van der Waals surface area contributed by atoms with Crippen LogP contribution in [-0.2, 0) is 0 Å². The van der Waals surface area contributed by atoms with Gasteiger partial charge in [-0.15, -0.1) is 11.3 Å². The van der Waals surface area contributed by atoms with Crippen LogP contribution in [0.5, 0.6) is 0 Å². The van der Waals surface area contributed by atoms with Crippen LogP contribution in [0.25, 0.3) is 16.7 Å². The van der Waals surface area contributed by atoms with Crippen LogP contribution in [0.1, 0.15) is 40.4 Å². The molecule has 2 heterocycles. The minimum absolute atomic E-state index is 0.0543. The summed E-state index contributed by atoms with van der Waals surface area (Å²) in [5, 5.41) is 14.0. The number of allylic oxidation sites excluding steroid dienone is 4. The molecule has 0 radical (unpaired) electrons. The highest BCUT2D eigenvalue weighted by Gasteiger charge is 2.23. The molecule has 0 aliphatic rings. The van der Waals surface area contributed by atoms with Gasteiger partial charge in [0, 0.05) is 15.4 Å². The van der Waals surface area contributed by atoms with Crippen LogP contribution in [0.3, 0.4) is 0 Å². The predicted octanol–water partition coefficient (Wildman–Crippen LogP) is 6.64. The Morgan fingerprint density at radius 1 is 1.19 bits per heavy atom. The van der Waals surface area contributed by atoms with Gasteiger partial charge in [0.15, 0.2) is 11.5 Å². The van der Waals surface area contributed by atoms with Crippen molar-refractivity contribution in [2.24, 2.45) is 0 Å². The van der Waals surface area contributed by atoms with Gasteiger partial charge in [-0.1, -0.05) is 46.3 Å². The average Bonchev–Trinajstić information content (AvgIpc) is 3.16. The molecule has 0 aliphatic heterocycles. The molecule has 158 valence electrons. The summed E-state index contributed by atoms with van der Waals surface area (Å²) in [5.41, 5.74) is 1.90. The van der Waals surface area contributed by atoms with Crippen molar-refractivity contribution in [1.29, 1.82) is 0 Å². The summed E-state index contributed by atoms with van der Waals surface area (Å²) in [6, 6.07) is 9.80. The van der Waals surface area contributed by atoms with Gasteiger partial charge >= 0.3 is 5.97 Å². The number of thiophene rings is 1. The molecule has 0 spiro atoms. The molecule has 0 bridgehead atoms. The number of pyridine rings is 1. The van der Waals surface area contributed by atoms with Gasteiger partial charge in [0.05, 0.1) is 5.69 Å². The van der Waals surface area contributed by atoms with Crippen molar-refractivity contribution in [2.45, 2.75) is 13.8 Å². The number of anilines is 1. The van der Waals surface area contributed by atoms with E-state index in [0.717, 1.165) is 21.4 Å². The van der Waals surface area contributed by atoms with Crippen molar-refractivity contribution < 1.29 is 19.1 Å². The largest absolute Gasteiger partial charge is 0.478 e. The van der Waals surface area contributed by atoms with E-state index in [1.807, 2.05) is 19.1 Å². The number of aromatic nitrogens is 1. The summed E-state index contributed by atoms with van der Waals surface area (Å²) < 4.78 is 15.2. The molecule has 8 heteroatoms. The Morgan fingerprint density at radius 2 is 1.90 bits per heavy atom. The number of rotatable bonds is 6. The van der Waals surface area contributed by atoms with Gasteiger partial charge in [-0.25, -0.2) is 14.2 Å². The maximum atomic E-state index is 14.3. The second-order valence-electron chi connectivity index (χ2n) is 6.52. The number of benzene rings is 1. The smallest absolute Gasteiger partial charge is 0.339 e. The lowest BCUT2D eigenvalue weighted by atomic mass is 10.0. The fourth-order valence-corrected chi connectivity index (χ4v) is 4.03. The Hall–Kier alpha value is -3.10. The molecule has 1 amide bonds. The standard InChI is InChI=1S/C23H18BrFN2O3S/c1-3-4-5-13(2)18-11-10-17(25)20(26-18)21(28)27-22-19(23(29)30)16(12-31-22)14-6-8-15(24)9-7-14/h3-12H,1-2H3,(H,27,28)(H,29,30)/b4-3-,13-5-. The number of nitrogens with zero attached hydrogens (tertiary/aromatic N) is 1. The Kier molecular flexibility index (Phi) is 7.14. The van der Waals surface area contributed by atoms with E-state index in [1.165, 1.54) is 12.1 Å². The molecule has 0 unspecified atom stereocenters. The minimum atomic E-state index is -1.19. The van der Waals surface area contributed by atoms with Crippen LogP contribution in [0.4, 0.5) is 9.39 Å². The molecule has 1 aromatic carbocycles. The number of halogens is 2. The van der Waals surface area contributed by atoms with E-state index in [0.29, 0.717) is 16.8 Å². The fraction of sp³-hybridized carbons (Fsp3) is 0.0870. The summed E-state index contributed by atoms with van der Waals surface area (Å²) in [6.07, 6.45) is 5.46. The number of carboxylic acid groups (broad SMARTS) is 1. The van der Waals surface area contributed by atoms with Crippen LogP contribution >= 0.6 is 27.3 Å². The number of carbonyl (C=O) groups excluding carboxylic acids is 1. The van der Waals surface area contributed by atoms with E-state index < -0.39 is 23.4 Å². The lowest BCUT2D eigenvalue weighted by Gasteiger charge is -2.08. The van der Waals surface area contributed by atoms with Crippen molar-refractivity contribution in [1.82, 2.24) is 4.98 Å². The molecule has 0 fully saturated rings. The Labute approximate surface area is 191 Å². The van der Waals surface area contributed by atoms with E-state index in [4.69, 9.17) is 0 Å². The third kappa shape index (κ3) is 5.15. The molecule has 0 saturated carbocycles. The topological polar surface area (TPSA) is 79.3 Å². The van der Waals surface area contributed by atoms with Crippen molar-refractivity contribution >= 4 is 49.7 Å². The van der Waals surface area contributed by atoms with Gasteiger partial charge in [0.2, 0.25) is 0 Å². The van der Waals surface area contributed by atoms with Crippen LogP contribution in [0.15, 0.2) is 64.5 Å². The zero-order chi connectivity index (χ0) is 22.5. The lowest BCUT2D eigenvalue weighted by molar-refractivity contribution is 0.0699. The third-order valence-corrected chi connectivity index (χ3v) is 5.82. The highest BCUT2D eigenvalue weighted by atomic mass is 79.9. The number of aromatic carboxylic acids is 1. The second kappa shape index (κ2) is 9.80. The van der Waals surface area contributed by atoms with Crippen molar-refractivity contribution in [2.75, 3.05) is 5.32 Å². The van der Waals surface area contributed by atoms with Gasteiger partial charge in [0.1, 0.15) is 10.6 Å². The molecule has 3 aromatic rings. The van der Waals surface area contributed by atoms with E-state index in [-0.39, 0.29) is 10.6 Å². The lowest BCUT2D eigenvalue weighted by Crippen LogP contribution is -2.17. The van der Waals surface area contributed by atoms with Gasteiger partial charge in [0.25, 0.3) is 5.91 Å². The zero-order valence-corrected chi connectivity index (χ0v) is 19.1. The van der Waals surface area contributed by atoms with E-state index in [1.54, 1.807) is 42.6 Å². The van der Waals surface area contributed by atoms with Gasteiger partial charge in [-0.2, -0.15) is 0 Å². The quantitative estimate of drug-likeness (QED) is 0.371. The molecular weight excluding hydrogens is 483 g/mol. The Morgan fingerprint density at radius 3 is 2.55 bits per heavy atom. The first-order valence-electron chi connectivity index (χ1n) is 9.20.